The van der Waals surface area contributed by atoms with Crippen LogP contribution in [0.2, 0.25) is 5.15 Å². The summed E-state index contributed by atoms with van der Waals surface area (Å²) in [6.07, 6.45) is 1.48. The Balaban J connectivity index is 1.70. The van der Waals surface area contributed by atoms with Crippen molar-refractivity contribution in [3.8, 4) is 0 Å². The van der Waals surface area contributed by atoms with Crippen molar-refractivity contribution in [1.82, 2.24) is 24.5 Å². The van der Waals surface area contributed by atoms with Crippen molar-refractivity contribution in [2.45, 2.75) is 6.92 Å². The van der Waals surface area contributed by atoms with Gasteiger partial charge in [0, 0.05) is 31.7 Å². The summed E-state index contributed by atoms with van der Waals surface area (Å²) in [5, 5.41) is 8.02. The van der Waals surface area contributed by atoms with Gasteiger partial charge in [0.1, 0.15) is 17.3 Å². The van der Waals surface area contributed by atoms with Crippen LogP contribution in [0, 0.1) is 6.92 Å². The van der Waals surface area contributed by atoms with E-state index in [0.29, 0.717) is 10.9 Å². The Hall–Kier alpha value is -1.44. The maximum Gasteiger partial charge on any atom is 0.255 e. The second kappa shape index (κ2) is 5.90. The lowest BCUT2D eigenvalue weighted by atomic mass is 10.3. The number of anilines is 1. The van der Waals surface area contributed by atoms with Crippen molar-refractivity contribution in [3.63, 3.8) is 0 Å². The van der Waals surface area contributed by atoms with E-state index in [2.05, 4.69) is 25.3 Å². The molecule has 7 nitrogen and oxygen atoms in total. The molecule has 2 aromatic heterocycles. The number of aromatic nitrogens is 4. The number of fused-ring (bicyclic) bond motifs is 1. The average Bonchev–Trinajstić information content (AvgIpc) is 2.92. The summed E-state index contributed by atoms with van der Waals surface area (Å²) in [5.74, 6) is 1.36. The number of morpholine rings is 1. The number of halogens is 1. The summed E-state index contributed by atoms with van der Waals surface area (Å²) >= 11 is 6.12. The fourth-order valence-electron chi connectivity index (χ4n) is 2.26. The number of ether oxygens (including phenoxy) is 1. The van der Waals surface area contributed by atoms with E-state index >= 15 is 0 Å². The molecule has 2 aromatic rings. The van der Waals surface area contributed by atoms with Crippen LogP contribution in [0.5, 0.6) is 0 Å². The number of nitrogens with zero attached hydrogens (tertiary/aromatic N) is 5. The Kier molecular flexibility index (Phi) is 4.00. The molecule has 0 aliphatic carbocycles. The van der Waals surface area contributed by atoms with Gasteiger partial charge in [-0.3, -0.25) is 4.90 Å². The summed E-state index contributed by atoms with van der Waals surface area (Å²) in [4.78, 5) is 10.6. The molecule has 0 aromatic carbocycles. The van der Waals surface area contributed by atoms with Gasteiger partial charge in [0.15, 0.2) is 0 Å². The van der Waals surface area contributed by atoms with Gasteiger partial charge in [0.2, 0.25) is 0 Å². The van der Waals surface area contributed by atoms with Crippen LogP contribution in [0.15, 0.2) is 6.33 Å². The summed E-state index contributed by atoms with van der Waals surface area (Å²) in [5.41, 5.74) is 0.881. The minimum Gasteiger partial charge on any atom is -0.379 e. The molecule has 0 amide bonds. The number of hydrogen-bond acceptors (Lipinski definition) is 6. The first-order valence-corrected chi connectivity index (χ1v) is 7.03. The lowest BCUT2D eigenvalue weighted by Gasteiger charge is -2.26. The molecule has 20 heavy (non-hydrogen) atoms. The average molecular weight is 297 g/mol. The number of nitrogens with one attached hydrogen (secondary N) is 1. The van der Waals surface area contributed by atoms with Gasteiger partial charge in [-0.25, -0.2) is 0 Å². The standard InChI is InChI=1S/C12H17ClN6O/c1-9-10(13)17-12-15-8-16-19(12)11(9)14-2-3-18-4-6-20-7-5-18/h8,14H,2-7H2,1H3. The van der Waals surface area contributed by atoms with Crippen LogP contribution in [0.3, 0.4) is 0 Å². The molecule has 0 unspecified atom stereocenters. The molecule has 0 atom stereocenters. The maximum absolute atomic E-state index is 6.12. The highest BCUT2D eigenvalue weighted by Gasteiger charge is 2.13. The molecule has 0 radical (unpaired) electrons. The Morgan fingerprint density at radius 1 is 1.40 bits per heavy atom. The Bertz CT molecular complexity index is 595. The van der Waals surface area contributed by atoms with Gasteiger partial charge in [-0.2, -0.15) is 19.6 Å². The minimum atomic E-state index is 0.458. The molecule has 0 bridgehead atoms. The molecular formula is C12H17ClN6O. The van der Waals surface area contributed by atoms with Crippen molar-refractivity contribution in [3.05, 3.63) is 17.0 Å². The quantitative estimate of drug-likeness (QED) is 0.843. The number of hydrogen-bond donors (Lipinski definition) is 1. The first-order valence-electron chi connectivity index (χ1n) is 6.65. The minimum absolute atomic E-state index is 0.458. The smallest absolute Gasteiger partial charge is 0.255 e. The zero-order valence-corrected chi connectivity index (χ0v) is 12.1. The monoisotopic (exact) mass is 296 g/mol. The third-order valence-electron chi connectivity index (χ3n) is 3.43. The SMILES string of the molecule is Cc1c(Cl)nc2ncnn2c1NCCN1CCOCC1. The van der Waals surface area contributed by atoms with Gasteiger partial charge in [-0.1, -0.05) is 11.6 Å². The predicted molar refractivity (Wildman–Crippen MR) is 76.3 cm³/mol. The van der Waals surface area contributed by atoms with Gasteiger partial charge in [-0.15, -0.1) is 0 Å². The van der Waals surface area contributed by atoms with Crippen molar-refractivity contribution in [1.29, 1.82) is 0 Å². The van der Waals surface area contributed by atoms with E-state index in [-0.39, 0.29) is 0 Å². The fraction of sp³-hybridized carbons (Fsp3) is 0.583. The van der Waals surface area contributed by atoms with E-state index in [1.165, 1.54) is 6.33 Å². The molecule has 1 aliphatic heterocycles. The van der Waals surface area contributed by atoms with Gasteiger partial charge in [0.25, 0.3) is 5.78 Å². The Labute approximate surface area is 121 Å². The van der Waals surface area contributed by atoms with Crippen LogP contribution in [-0.2, 0) is 4.74 Å². The molecule has 108 valence electrons. The van der Waals surface area contributed by atoms with Gasteiger partial charge in [0.05, 0.1) is 13.2 Å². The number of rotatable bonds is 4. The largest absolute Gasteiger partial charge is 0.379 e. The third kappa shape index (κ3) is 2.70. The van der Waals surface area contributed by atoms with Crippen molar-refractivity contribution in [2.75, 3.05) is 44.7 Å². The first-order chi connectivity index (χ1) is 9.75. The third-order valence-corrected chi connectivity index (χ3v) is 3.80. The van der Waals surface area contributed by atoms with Crippen LogP contribution >= 0.6 is 11.6 Å². The zero-order chi connectivity index (χ0) is 13.9. The Morgan fingerprint density at radius 2 is 2.20 bits per heavy atom. The van der Waals surface area contributed by atoms with E-state index in [4.69, 9.17) is 16.3 Å². The molecule has 0 saturated carbocycles. The highest BCUT2D eigenvalue weighted by Crippen LogP contribution is 2.21. The van der Waals surface area contributed by atoms with E-state index in [9.17, 15) is 0 Å². The fourth-order valence-corrected chi connectivity index (χ4v) is 2.43. The second-order valence-electron chi connectivity index (χ2n) is 4.73. The van der Waals surface area contributed by atoms with Crippen LogP contribution in [0.25, 0.3) is 5.78 Å². The van der Waals surface area contributed by atoms with Gasteiger partial charge < -0.3 is 10.1 Å². The molecule has 3 heterocycles. The summed E-state index contributed by atoms with van der Waals surface area (Å²) < 4.78 is 7.02. The van der Waals surface area contributed by atoms with E-state index in [1.807, 2.05) is 6.92 Å². The molecule has 1 fully saturated rings. The molecule has 3 rings (SSSR count). The Morgan fingerprint density at radius 3 is 3.00 bits per heavy atom. The summed E-state index contributed by atoms with van der Waals surface area (Å²) in [6, 6.07) is 0. The zero-order valence-electron chi connectivity index (χ0n) is 11.3. The summed E-state index contributed by atoms with van der Waals surface area (Å²) in [6.45, 7) is 7.29. The molecule has 1 saturated heterocycles. The van der Waals surface area contributed by atoms with Gasteiger partial charge in [-0.05, 0) is 6.92 Å². The van der Waals surface area contributed by atoms with Crippen molar-refractivity contribution < 1.29 is 4.74 Å². The summed E-state index contributed by atoms with van der Waals surface area (Å²) in [7, 11) is 0. The lowest BCUT2D eigenvalue weighted by molar-refractivity contribution is 0.0398. The van der Waals surface area contributed by atoms with E-state index in [1.54, 1.807) is 4.52 Å². The second-order valence-corrected chi connectivity index (χ2v) is 5.09. The van der Waals surface area contributed by atoms with Crippen molar-refractivity contribution in [2.24, 2.45) is 0 Å². The molecule has 1 N–H and O–H groups in total. The maximum atomic E-state index is 6.12. The van der Waals surface area contributed by atoms with Gasteiger partial charge >= 0.3 is 0 Å². The predicted octanol–water partition coefficient (Wildman–Crippen LogP) is 0.830. The van der Waals surface area contributed by atoms with E-state index in [0.717, 1.165) is 50.8 Å². The highest BCUT2D eigenvalue weighted by atomic mass is 35.5. The molecular weight excluding hydrogens is 280 g/mol. The highest BCUT2D eigenvalue weighted by molar-refractivity contribution is 6.30. The van der Waals surface area contributed by atoms with E-state index < -0.39 is 0 Å². The molecule has 0 spiro atoms. The first kappa shape index (κ1) is 13.5. The van der Waals surface area contributed by atoms with Crippen molar-refractivity contribution >= 4 is 23.2 Å². The topological polar surface area (TPSA) is 67.6 Å². The van der Waals surface area contributed by atoms with Crippen LogP contribution in [0.4, 0.5) is 5.82 Å². The van der Waals surface area contributed by atoms with Crippen LogP contribution < -0.4 is 5.32 Å². The molecule has 1 aliphatic rings. The normalized spacial score (nSPS) is 16.7. The molecule has 8 heteroatoms. The lowest BCUT2D eigenvalue weighted by Crippen LogP contribution is -2.39. The van der Waals surface area contributed by atoms with Crippen LogP contribution in [0.1, 0.15) is 5.56 Å². The van der Waals surface area contributed by atoms with Crippen LogP contribution in [-0.4, -0.2) is 63.9 Å².